The Morgan fingerprint density at radius 1 is 1.17 bits per heavy atom. The molecule has 0 fully saturated rings. The number of non-ortho nitro benzene ring substituents is 1. The molecule has 0 saturated carbocycles. The predicted octanol–water partition coefficient (Wildman–Crippen LogP) is 1.81. The highest BCUT2D eigenvalue weighted by Gasteiger charge is 2.07. The van der Waals surface area contributed by atoms with Crippen LogP contribution in [-0.2, 0) is 6.61 Å². The van der Waals surface area contributed by atoms with Crippen molar-refractivity contribution in [3.8, 4) is 5.88 Å². The van der Waals surface area contributed by atoms with Crippen molar-refractivity contribution in [2.75, 3.05) is 0 Å². The molecular weight excluding hydrogens is 236 g/mol. The monoisotopic (exact) mass is 246 g/mol. The Kier molecular flexibility index (Phi) is 3.38. The van der Waals surface area contributed by atoms with Crippen LogP contribution >= 0.6 is 0 Å². The Hall–Kier alpha value is -2.63. The van der Waals surface area contributed by atoms with Crippen LogP contribution in [-0.4, -0.2) is 4.92 Å². The van der Waals surface area contributed by atoms with Crippen LogP contribution in [0.15, 0.2) is 48.7 Å². The molecule has 0 radical (unpaired) electrons. The third kappa shape index (κ3) is 2.73. The molecule has 18 heavy (non-hydrogen) atoms. The van der Waals surface area contributed by atoms with Gasteiger partial charge < -0.3 is 9.94 Å². The van der Waals surface area contributed by atoms with Crippen molar-refractivity contribution >= 4 is 5.69 Å². The first-order chi connectivity index (χ1) is 8.66. The van der Waals surface area contributed by atoms with Gasteiger partial charge in [-0.1, -0.05) is 0 Å². The molecule has 0 unspecified atom stereocenters. The fraction of sp³-hybridized carbons (Fsp3) is 0.0833. The molecule has 0 amide bonds. The molecule has 6 nitrogen and oxygen atoms in total. The van der Waals surface area contributed by atoms with Crippen LogP contribution in [0.3, 0.4) is 0 Å². The summed E-state index contributed by atoms with van der Waals surface area (Å²) in [6, 6.07) is 10.8. The Bertz CT molecular complexity index is 554. The van der Waals surface area contributed by atoms with Gasteiger partial charge in [0, 0.05) is 18.2 Å². The number of pyridine rings is 1. The summed E-state index contributed by atoms with van der Waals surface area (Å²) in [4.78, 5) is 10.0. The molecular formula is C12H10N2O4. The maximum absolute atomic E-state index is 11.3. The van der Waals surface area contributed by atoms with Gasteiger partial charge in [0.2, 0.25) is 0 Å². The SMILES string of the molecule is O=[N+]([O-])c1ccc(COc2cccc[n+]2[O-])cc1. The second-order valence-corrected chi connectivity index (χ2v) is 3.58. The number of hydrogen-bond donors (Lipinski definition) is 0. The zero-order valence-electron chi connectivity index (χ0n) is 9.35. The minimum atomic E-state index is -0.465. The molecule has 0 spiro atoms. The number of hydrogen-bond acceptors (Lipinski definition) is 4. The fourth-order valence-electron chi connectivity index (χ4n) is 1.40. The first-order valence-electron chi connectivity index (χ1n) is 5.21. The van der Waals surface area contributed by atoms with E-state index in [9.17, 15) is 15.3 Å². The lowest BCUT2D eigenvalue weighted by Gasteiger charge is -2.05. The molecule has 0 bridgehead atoms. The third-order valence-electron chi connectivity index (χ3n) is 2.32. The standard InChI is InChI=1S/C12H10N2O4/c15-13-8-2-1-3-12(13)18-9-10-4-6-11(7-5-10)14(16)17/h1-8H,9H2. The van der Waals surface area contributed by atoms with E-state index in [0.29, 0.717) is 4.73 Å². The molecule has 1 heterocycles. The number of rotatable bonds is 4. The highest BCUT2D eigenvalue weighted by atomic mass is 16.6. The number of nitro benzene ring substituents is 1. The Balaban J connectivity index is 2.02. The van der Waals surface area contributed by atoms with E-state index in [4.69, 9.17) is 4.74 Å². The van der Waals surface area contributed by atoms with Gasteiger partial charge in [-0.3, -0.25) is 10.1 Å². The molecule has 0 aliphatic rings. The highest BCUT2D eigenvalue weighted by Crippen LogP contribution is 2.13. The molecule has 2 aromatic rings. The summed E-state index contributed by atoms with van der Waals surface area (Å²) in [6.45, 7) is 0.185. The van der Waals surface area contributed by atoms with Gasteiger partial charge in [0.1, 0.15) is 6.61 Å². The van der Waals surface area contributed by atoms with E-state index in [1.165, 1.54) is 18.3 Å². The Morgan fingerprint density at radius 2 is 1.89 bits per heavy atom. The fourth-order valence-corrected chi connectivity index (χ4v) is 1.40. The van der Waals surface area contributed by atoms with Crippen LogP contribution in [0.4, 0.5) is 5.69 Å². The van der Waals surface area contributed by atoms with Gasteiger partial charge in [-0.05, 0) is 23.8 Å². The number of ether oxygens (including phenoxy) is 1. The van der Waals surface area contributed by atoms with E-state index in [0.717, 1.165) is 5.56 Å². The van der Waals surface area contributed by atoms with Crippen molar-refractivity contribution in [2.24, 2.45) is 0 Å². The summed E-state index contributed by atoms with van der Waals surface area (Å²) >= 11 is 0. The lowest BCUT2D eigenvalue weighted by molar-refractivity contribution is -0.613. The van der Waals surface area contributed by atoms with Crippen molar-refractivity contribution in [3.05, 3.63) is 69.5 Å². The summed E-state index contributed by atoms with van der Waals surface area (Å²) in [5, 5.41) is 21.8. The first-order valence-corrected chi connectivity index (χ1v) is 5.21. The molecule has 1 aromatic carbocycles. The van der Waals surface area contributed by atoms with Crippen LogP contribution < -0.4 is 9.47 Å². The number of nitrogens with zero attached hydrogens (tertiary/aromatic N) is 2. The van der Waals surface area contributed by atoms with Gasteiger partial charge in [-0.2, -0.15) is 0 Å². The topological polar surface area (TPSA) is 79.3 Å². The lowest BCUT2D eigenvalue weighted by atomic mass is 10.2. The van der Waals surface area contributed by atoms with Crippen molar-refractivity contribution in [2.45, 2.75) is 6.61 Å². The summed E-state index contributed by atoms with van der Waals surface area (Å²) in [5.41, 5.74) is 0.779. The average Bonchev–Trinajstić information content (AvgIpc) is 2.38. The lowest BCUT2D eigenvalue weighted by Crippen LogP contribution is -2.27. The molecule has 0 saturated heterocycles. The highest BCUT2D eigenvalue weighted by molar-refractivity contribution is 5.32. The van der Waals surface area contributed by atoms with Crippen molar-refractivity contribution in [3.63, 3.8) is 0 Å². The summed E-state index contributed by atoms with van der Waals surface area (Å²) in [6.07, 6.45) is 1.34. The average molecular weight is 246 g/mol. The predicted molar refractivity (Wildman–Crippen MR) is 62.8 cm³/mol. The minimum absolute atomic E-state index is 0.0253. The van der Waals surface area contributed by atoms with Gasteiger partial charge in [0.15, 0.2) is 6.20 Å². The molecule has 0 N–H and O–H groups in total. The van der Waals surface area contributed by atoms with Gasteiger partial charge in [-0.15, -0.1) is 4.73 Å². The van der Waals surface area contributed by atoms with Crippen molar-refractivity contribution < 1.29 is 14.4 Å². The van der Waals surface area contributed by atoms with E-state index in [2.05, 4.69) is 0 Å². The first kappa shape index (κ1) is 11.8. The Morgan fingerprint density at radius 3 is 2.50 bits per heavy atom. The Labute approximate surface area is 103 Å². The third-order valence-corrected chi connectivity index (χ3v) is 2.32. The minimum Gasteiger partial charge on any atom is -0.616 e. The second-order valence-electron chi connectivity index (χ2n) is 3.58. The number of nitro groups is 1. The van der Waals surface area contributed by atoms with E-state index >= 15 is 0 Å². The molecule has 1 aromatic heterocycles. The van der Waals surface area contributed by atoms with Crippen molar-refractivity contribution in [1.29, 1.82) is 0 Å². The summed E-state index contributed by atoms with van der Waals surface area (Å²) in [7, 11) is 0. The van der Waals surface area contributed by atoms with Gasteiger partial charge in [0.05, 0.1) is 11.0 Å². The van der Waals surface area contributed by atoms with Crippen LogP contribution in [0.5, 0.6) is 5.88 Å². The summed E-state index contributed by atoms with van der Waals surface area (Å²) < 4.78 is 5.92. The van der Waals surface area contributed by atoms with E-state index in [1.807, 2.05) is 0 Å². The maximum Gasteiger partial charge on any atom is 0.379 e. The quantitative estimate of drug-likeness (QED) is 0.356. The molecule has 6 heteroatoms. The maximum atomic E-state index is 11.3. The van der Waals surface area contributed by atoms with E-state index in [1.54, 1.807) is 30.3 Å². The van der Waals surface area contributed by atoms with Crippen molar-refractivity contribution in [1.82, 2.24) is 0 Å². The van der Waals surface area contributed by atoms with Gasteiger partial charge >= 0.3 is 5.88 Å². The molecule has 2 rings (SSSR count). The van der Waals surface area contributed by atoms with E-state index in [-0.39, 0.29) is 18.2 Å². The molecule has 92 valence electrons. The van der Waals surface area contributed by atoms with Crippen LogP contribution in [0, 0.1) is 15.3 Å². The van der Waals surface area contributed by atoms with Crippen LogP contribution in [0.25, 0.3) is 0 Å². The number of aromatic nitrogens is 1. The zero-order chi connectivity index (χ0) is 13.0. The zero-order valence-corrected chi connectivity index (χ0v) is 9.35. The van der Waals surface area contributed by atoms with Gasteiger partial charge in [0.25, 0.3) is 5.69 Å². The van der Waals surface area contributed by atoms with E-state index < -0.39 is 4.92 Å². The largest absolute Gasteiger partial charge is 0.616 e. The smallest absolute Gasteiger partial charge is 0.379 e. The second kappa shape index (κ2) is 5.13. The normalized spacial score (nSPS) is 10.0. The molecule has 0 atom stereocenters. The molecule has 0 aliphatic heterocycles. The molecule has 0 aliphatic carbocycles. The number of benzene rings is 1. The van der Waals surface area contributed by atoms with Crippen LogP contribution in [0.1, 0.15) is 5.56 Å². The van der Waals surface area contributed by atoms with Crippen LogP contribution in [0.2, 0.25) is 0 Å². The summed E-state index contributed by atoms with van der Waals surface area (Å²) in [5.74, 6) is 0.191. The van der Waals surface area contributed by atoms with Gasteiger partial charge in [-0.25, -0.2) is 0 Å².